The van der Waals surface area contributed by atoms with E-state index >= 15 is 0 Å². The highest BCUT2D eigenvalue weighted by molar-refractivity contribution is 5.95. The van der Waals surface area contributed by atoms with Gasteiger partial charge in [-0.2, -0.15) is 0 Å². The zero-order valence-electron chi connectivity index (χ0n) is 9.72. The molecular weight excluding hydrogens is 224 g/mol. The average molecular weight is 240 g/mol. The van der Waals surface area contributed by atoms with Gasteiger partial charge in [-0.15, -0.1) is 0 Å². The Morgan fingerprint density at radius 3 is 2.71 bits per heavy atom. The number of nitrogens with two attached hydrogens (primary N) is 1. The summed E-state index contributed by atoms with van der Waals surface area (Å²) in [7, 11) is 1.60. The molecule has 0 bridgehead atoms. The van der Waals surface area contributed by atoms with Gasteiger partial charge in [-0.25, -0.2) is 4.63 Å². The van der Waals surface area contributed by atoms with Crippen LogP contribution in [0, 0.1) is 0 Å². The number of rotatable bonds is 3. The normalized spacial score (nSPS) is 18.2. The fraction of sp³-hybridized carbons (Fsp3) is 0.700. The van der Waals surface area contributed by atoms with Crippen LogP contribution >= 0.6 is 0 Å². The zero-order chi connectivity index (χ0) is 12.5. The van der Waals surface area contributed by atoms with E-state index in [1.165, 1.54) is 4.90 Å². The van der Waals surface area contributed by atoms with Gasteiger partial charge in [0.1, 0.15) is 0 Å². The number of carbonyl (C=O) groups is 1. The van der Waals surface area contributed by atoms with E-state index in [9.17, 15) is 9.90 Å². The van der Waals surface area contributed by atoms with Crippen molar-refractivity contribution in [3.63, 3.8) is 0 Å². The summed E-state index contributed by atoms with van der Waals surface area (Å²) in [6, 6.07) is 0. The van der Waals surface area contributed by atoms with E-state index in [2.05, 4.69) is 14.9 Å². The third kappa shape index (κ3) is 2.38. The van der Waals surface area contributed by atoms with E-state index in [4.69, 9.17) is 5.73 Å². The molecule has 1 aliphatic carbocycles. The molecule has 0 atom stereocenters. The third-order valence-corrected chi connectivity index (χ3v) is 3.13. The van der Waals surface area contributed by atoms with Crippen molar-refractivity contribution >= 4 is 11.7 Å². The van der Waals surface area contributed by atoms with E-state index in [0.29, 0.717) is 0 Å². The molecule has 1 aromatic heterocycles. The molecule has 2 rings (SSSR count). The minimum absolute atomic E-state index is 0.00547. The number of anilines is 1. The molecule has 1 aliphatic rings. The van der Waals surface area contributed by atoms with E-state index in [0.717, 1.165) is 25.7 Å². The van der Waals surface area contributed by atoms with Gasteiger partial charge in [0.15, 0.2) is 0 Å². The molecule has 1 heterocycles. The molecule has 7 nitrogen and oxygen atoms in total. The monoisotopic (exact) mass is 240 g/mol. The molecule has 7 heteroatoms. The number of hydrogen-bond donors (Lipinski definition) is 2. The summed E-state index contributed by atoms with van der Waals surface area (Å²) >= 11 is 0. The molecule has 0 aromatic carbocycles. The number of aromatic nitrogens is 2. The molecule has 94 valence electrons. The van der Waals surface area contributed by atoms with Gasteiger partial charge in [0, 0.05) is 13.6 Å². The lowest BCUT2D eigenvalue weighted by Gasteiger charge is -2.28. The first-order valence-corrected chi connectivity index (χ1v) is 5.58. The lowest BCUT2D eigenvalue weighted by molar-refractivity contribution is 0.0153. The maximum absolute atomic E-state index is 11.9. The Morgan fingerprint density at radius 2 is 2.18 bits per heavy atom. The predicted octanol–water partition coefficient (Wildman–Crippen LogP) is 0.0289. The summed E-state index contributed by atoms with van der Waals surface area (Å²) in [5, 5.41) is 17.0. The molecule has 0 radical (unpaired) electrons. The van der Waals surface area contributed by atoms with Gasteiger partial charge in [0.25, 0.3) is 5.91 Å². The van der Waals surface area contributed by atoms with Crippen molar-refractivity contribution in [2.45, 2.75) is 31.3 Å². The number of carbonyl (C=O) groups excluding carboxylic acids is 1. The van der Waals surface area contributed by atoms with E-state index in [1.807, 2.05) is 0 Å². The molecule has 0 unspecified atom stereocenters. The molecule has 1 aromatic rings. The van der Waals surface area contributed by atoms with E-state index in [1.54, 1.807) is 7.05 Å². The summed E-state index contributed by atoms with van der Waals surface area (Å²) in [4.78, 5) is 13.3. The zero-order valence-corrected chi connectivity index (χ0v) is 9.72. The second-order valence-electron chi connectivity index (χ2n) is 4.59. The van der Waals surface area contributed by atoms with Crippen LogP contribution in [0.4, 0.5) is 5.82 Å². The van der Waals surface area contributed by atoms with Gasteiger partial charge in [-0.1, -0.05) is 12.8 Å². The largest absolute Gasteiger partial charge is 0.388 e. The fourth-order valence-electron chi connectivity index (χ4n) is 2.23. The highest BCUT2D eigenvalue weighted by atomic mass is 16.6. The van der Waals surface area contributed by atoms with E-state index in [-0.39, 0.29) is 24.0 Å². The summed E-state index contributed by atoms with van der Waals surface area (Å²) < 4.78 is 4.38. The Kier molecular flexibility index (Phi) is 3.01. The molecule has 3 N–H and O–H groups in total. The maximum Gasteiger partial charge on any atom is 0.279 e. The Morgan fingerprint density at radius 1 is 1.53 bits per heavy atom. The second-order valence-corrected chi connectivity index (χ2v) is 4.59. The van der Waals surface area contributed by atoms with Crippen LogP contribution in [0.3, 0.4) is 0 Å². The SMILES string of the molecule is CN(CC1(O)CCCC1)C(=O)c1nonc1N. The minimum atomic E-state index is -0.781. The van der Waals surface area contributed by atoms with Crippen molar-refractivity contribution in [3.05, 3.63) is 5.69 Å². The first-order chi connectivity index (χ1) is 8.02. The average Bonchev–Trinajstić information content (AvgIpc) is 2.86. The smallest absolute Gasteiger partial charge is 0.279 e. The molecule has 0 aliphatic heterocycles. The number of likely N-dealkylation sites (N-methyl/N-ethyl adjacent to an activating group) is 1. The van der Waals surface area contributed by atoms with Crippen LogP contribution in [0.15, 0.2) is 4.63 Å². The first kappa shape index (κ1) is 11.8. The molecule has 17 heavy (non-hydrogen) atoms. The first-order valence-electron chi connectivity index (χ1n) is 5.58. The topological polar surface area (TPSA) is 105 Å². The maximum atomic E-state index is 11.9. The number of amides is 1. The van der Waals surface area contributed by atoms with Gasteiger partial charge in [0.2, 0.25) is 11.5 Å². The Balaban J connectivity index is 2.03. The highest BCUT2D eigenvalue weighted by Gasteiger charge is 2.34. The summed E-state index contributed by atoms with van der Waals surface area (Å²) in [6.45, 7) is 0.276. The molecule has 1 saturated carbocycles. The van der Waals surface area contributed by atoms with Gasteiger partial charge in [0.05, 0.1) is 5.60 Å². The van der Waals surface area contributed by atoms with Crippen molar-refractivity contribution in [2.24, 2.45) is 0 Å². The third-order valence-electron chi connectivity index (χ3n) is 3.13. The molecular formula is C10H16N4O3. The number of nitrogen functional groups attached to an aromatic ring is 1. The van der Waals surface area contributed by atoms with E-state index < -0.39 is 5.60 Å². The van der Waals surface area contributed by atoms with Crippen molar-refractivity contribution in [3.8, 4) is 0 Å². The van der Waals surface area contributed by atoms with Crippen molar-refractivity contribution < 1.29 is 14.5 Å². The lowest BCUT2D eigenvalue weighted by Crippen LogP contribution is -2.42. The summed E-state index contributed by atoms with van der Waals surface area (Å²) in [6.07, 6.45) is 3.42. The van der Waals surface area contributed by atoms with Gasteiger partial charge < -0.3 is 15.7 Å². The Bertz CT molecular complexity index is 411. The van der Waals surface area contributed by atoms with Crippen molar-refractivity contribution in [1.29, 1.82) is 0 Å². The van der Waals surface area contributed by atoms with Crippen LogP contribution in [0.1, 0.15) is 36.2 Å². The highest BCUT2D eigenvalue weighted by Crippen LogP contribution is 2.30. The molecule has 0 saturated heterocycles. The number of aliphatic hydroxyl groups is 1. The van der Waals surface area contributed by atoms with Gasteiger partial charge in [-0.05, 0) is 23.2 Å². The summed E-state index contributed by atoms with van der Waals surface area (Å²) in [5.74, 6) is -0.413. The van der Waals surface area contributed by atoms with Crippen LogP contribution in [-0.2, 0) is 0 Å². The number of nitrogens with zero attached hydrogens (tertiary/aromatic N) is 3. The van der Waals surface area contributed by atoms with Crippen LogP contribution in [-0.4, -0.2) is 45.4 Å². The molecule has 1 fully saturated rings. The second kappa shape index (κ2) is 4.33. The van der Waals surface area contributed by atoms with Gasteiger partial charge >= 0.3 is 0 Å². The fourth-order valence-corrected chi connectivity index (χ4v) is 2.23. The quantitative estimate of drug-likeness (QED) is 0.772. The van der Waals surface area contributed by atoms with Crippen LogP contribution < -0.4 is 5.73 Å². The minimum Gasteiger partial charge on any atom is -0.388 e. The standard InChI is InChI=1S/C10H16N4O3/c1-14(6-10(16)4-2-3-5-10)9(15)7-8(11)13-17-12-7/h16H,2-6H2,1H3,(H2,11,13). The summed E-state index contributed by atoms with van der Waals surface area (Å²) in [5.41, 5.74) is 4.66. The van der Waals surface area contributed by atoms with Gasteiger partial charge in [-0.3, -0.25) is 4.79 Å². The lowest BCUT2D eigenvalue weighted by atomic mass is 10.0. The number of hydrogen-bond acceptors (Lipinski definition) is 6. The van der Waals surface area contributed by atoms with Crippen molar-refractivity contribution in [2.75, 3.05) is 19.3 Å². The predicted molar refractivity (Wildman–Crippen MR) is 59.1 cm³/mol. The van der Waals surface area contributed by atoms with Crippen LogP contribution in [0.5, 0.6) is 0 Å². The Hall–Kier alpha value is -1.63. The van der Waals surface area contributed by atoms with Crippen molar-refractivity contribution in [1.82, 2.24) is 15.2 Å². The van der Waals surface area contributed by atoms with Crippen LogP contribution in [0.25, 0.3) is 0 Å². The van der Waals surface area contributed by atoms with Crippen LogP contribution in [0.2, 0.25) is 0 Å². The molecule has 1 amide bonds. The Labute approximate surface area is 98.5 Å². The molecule has 0 spiro atoms.